The fourth-order valence-corrected chi connectivity index (χ4v) is 4.47. The normalized spacial score (nSPS) is 18.5. The van der Waals surface area contributed by atoms with E-state index in [-0.39, 0.29) is 29.2 Å². The van der Waals surface area contributed by atoms with Gasteiger partial charge in [-0.05, 0) is 87.9 Å². The SMILES string of the molecule is C/C=C\N=C(Nc1ccc(C(=O)NC2CCCC2N)c(CC)c1)C(C)=N/C=C(\C)c1ccc(NC)c(F)c1F. The minimum atomic E-state index is -0.935. The van der Waals surface area contributed by atoms with Crippen molar-refractivity contribution in [3.63, 3.8) is 0 Å². The van der Waals surface area contributed by atoms with Crippen molar-refractivity contribution in [2.75, 3.05) is 17.7 Å². The van der Waals surface area contributed by atoms with Gasteiger partial charge in [0.2, 0.25) is 0 Å². The van der Waals surface area contributed by atoms with Gasteiger partial charge >= 0.3 is 0 Å². The van der Waals surface area contributed by atoms with Crippen LogP contribution in [0.5, 0.6) is 0 Å². The molecule has 0 aromatic heterocycles. The number of rotatable bonds is 9. The molecule has 2 aromatic carbocycles. The maximum atomic E-state index is 14.5. The van der Waals surface area contributed by atoms with E-state index in [4.69, 9.17) is 5.73 Å². The Kier molecular flexibility index (Phi) is 10.5. The highest BCUT2D eigenvalue weighted by Gasteiger charge is 2.26. The Bertz CT molecular complexity index is 1310. The number of nitrogens with zero attached hydrogens (tertiary/aromatic N) is 2. The van der Waals surface area contributed by atoms with Gasteiger partial charge in [0.1, 0.15) is 0 Å². The summed E-state index contributed by atoms with van der Waals surface area (Å²) < 4.78 is 28.8. The Labute approximate surface area is 229 Å². The third-order valence-electron chi connectivity index (χ3n) is 6.80. The number of aryl methyl sites for hydroxylation is 1. The van der Waals surface area contributed by atoms with Gasteiger partial charge in [-0.2, -0.15) is 0 Å². The molecule has 1 amide bonds. The van der Waals surface area contributed by atoms with E-state index < -0.39 is 11.6 Å². The van der Waals surface area contributed by atoms with Crippen LogP contribution in [0.15, 0.2) is 58.8 Å². The molecule has 9 heteroatoms. The van der Waals surface area contributed by atoms with E-state index in [1.54, 1.807) is 32.2 Å². The van der Waals surface area contributed by atoms with Crippen LogP contribution >= 0.6 is 0 Å². The molecule has 0 saturated heterocycles. The average Bonchev–Trinajstić information content (AvgIpc) is 3.34. The topological polar surface area (TPSA) is 104 Å². The lowest BCUT2D eigenvalue weighted by molar-refractivity contribution is 0.0933. The summed E-state index contributed by atoms with van der Waals surface area (Å²) in [4.78, 5) is 21.9. The number of amidine groups is 1. The number of nitrogens with one attached hydrogen (secondary N) is 3. The van der Waals surface area contributed by atoms with Crippen molar-refractivity contribution in [2.45, 2.75) is 65.5 Å². The summed E-state index contributed by atoms with van der Waals surface area (Å²) in [5, 5.41) is 8.99. The minimum Gasteiger partial charge on any atom is -0.386 e. The molecule has 2 unspecified atom stereocenters. The molecule has 1 aliphatic rings. The molecule has 1 fully saturated rings. The van der Waals surface area contributed by atoms with Crippen LogP contribution in [0, 0.1) is 11.6 Å². The number of nitrogens with two attached hydrogens (primary N) is 1. The second kappa shape index (κ2) is 13.8. The first-order chi connectivity index (χ1) is 18.7. The molecular formula is C30H38F2N6O. The van der Waals surface area contributed by atoms with Crippen molar-refractivity contribution >= 4 is 34.4 Å². The molecule has 0 aliphatic heterocycles. The molecule has 7 nitrogen and oxygen atoms in total. The number of anilines is 2. The lowest BCUT2D eigenvalue weighted by Gasteiger charge is -2.19. The van der Waals surface area contributed by atoms with E-state index >= 15 is 0 Å². The number of benzene rings is 2. The Balaban J connectivity index is 1.83. The molecule has 39 heavy (non-hydrogen) atoms. The molecule has 1 aliphatic carbocycles. The van der Waals surface area contributed by atoms with E-state index in [2.05, 4.69) is 25.9 Å². The molecule has 5 N–H and O–H groups in total. The second-order valence-corrected chi connectivity index (χ2v) is 9.55. The van der Waals surface area contributed by atoms with E-state index in [0.717, 1.165) is 30.5 Å². The largest absolute Gasteiger partial charge is 0.386 e. The van der Waals surface area contributed by atoms with Crippen LogP contribution in [-0.4, -0.2) is 36.6 Å². The van der Waals surface area contributed by atoms with Crippen molar-refractivity contribution in [1.29, 1.82) is 0 Å². The molecule has 2 atom stereocenters. The number of aliphatic imine (C=N–C) groups is 2. The van der Waals surface area contributed by atoms with Crippen LogP contribution < -0.4 is 21.7 Å². The number of carbonyl (C=O) groups excluding carboxylic acids is 1. The summed E-state index contributed by atoms with van der Waals surface area (Å²) in [5.74, 6) is -1.51. The standard InChI is InChI=1S/C30H38F2N6O/c1-6-15-35-29(19(4)36-17-18(3)22-13-14-26(34-5)28(32)27(22)31)37-21-11-12-23(20(7-2)16-21)30(39)38-25-10-8-9-24(25)33/h6,11-17,24-25,34H,7-10,33H2,1-5H3,(H,35,37)(H,38,39)/b15-6-,18-17+,36-19?. The Hall–Kier alpha value is -3.85. The molecule has 0 radical (unpaired) electrons. The van der Waals surface area contributed by atoms with Gasteiger partial charge in [0.05, 0.1) is 11.4 Å². The van der Waals surface area contributed by atoms with E-state index in [1.807, 2.05) is 26.0 Å². The van der Waals surface area contributed by atoms with Gasteiger partial charge in [-0.15, -0.1) is 0 Å². The summed E-state index contributed by atoms with van der Waals surface area (Å²) in [6, 6.07) is 8.54. The summed E-state index contributed by atoms with van der Waals surface area (Å²) in [7, 11) is 1.53. The van der Waals surface area contributed by atoms with E-state index in [0.29, 0.717) is 29.1 Å². The van der Waals surface area contributed by atoms with Gasteiger partial charge in [0.25, 0.3) is 5.91 Å². The van der Waals surface area contributed by atoms with Gasteiger partial charge in [-0.1, -0.05) is 13.0 Å². The van der Waals surface area contributed by atoms with Crippen molar-refractivity contribution in [2.24, 2.45) is 15.7 Å². The summed E-state index contributed by atoms with van der Waals surface area (Å²) >= 11 is 0. The quantitative estimate of drug-likeness (QED) is 0.232. The van der Waals surface area contributed by atoms with Crippen LogP contribution in [0.3, 0.4) is 0 Å². The van der Waals surface area contributed by atoms with Crippen LogP contribution in [0.1, 0.15) is 68.4 Å². The average molecular weight is 537 g/mol. The van der Waals surface area contributed by atoms with Gasteiger partial charge in [0.15, 0.2) is 17.5 Å². The molecular weight excluding hydrogens is 498 g/mol. The molecule has 0 heterocycles. The molecule has 1 saturated carbocycles. The number of amides is 1. The first kappa shape index (κ1) is 29.7. The third-order valence-corrected chi connectivity index (χ3v) is 6.80. The maximum absolute atomic E-state index is 14.5. The fraction of sp³-hybridized carbons (Fsp3) is 0.367. The van der Waals surface area contributed by atoms with Crippen molar-refractivity contribution in [3.05, 3.63) is 77.1 Å². The highest BCUT2D eigenvalue weighted by Crippen LogP contribution is 2.25. The van der Waals surface area contributed by atoms with Gasteiger partial charge in [-0.3, -0.25) is 9.79 Å². The molecule has 0 bridgehead atoms. The zero-order valence-electron chi connectivity index (χ0n) is 23.2. The molecule has 208 valence electrons. The number of allylic oxidation sites excluding steroid dienone is 2. The first-order valence-corrected chi connectivity index (χ1v) is 13.2. The van der Waals surface area contributed by atoms with Crippen LogP contribution in [0.25, 0.3) is 5.57 Å². The zero-order valence-corrected chi connectivity index (χ0v) is 23.2. The minimum absolute atomic E-state index is 0.00108. The predicted molar refractivity (Wildman–Crippen MR) is 157 cm³/mol. The van der Waals surface area contributed by atoms with E-state index in [9.17, 15) is 13.6 Å². The molecule has 2 aromatic rings. The van der Waals surface area contributed by atoms with Crippen LogP contribution in [-0.2, 0) is 6.42 Å². The van der Waals surface area contributed by atoms with Crippen LogP contribution in [0.4, 0.5) is 20.2 Å². The lowest BCUT2D eigenvalue weighted by Crippen LogP contribution is -2.44. The van der Waals surface area contributed by atoms with Crippen molar-refractivity contribution in [3.8, 4) is 0 Å². The predicted octanol–water partition coefficient (Wildman–Crippen LogP) is 6.04. The van der Waals surface area contributed by atoms with Gasteiger partial charge in [0, 0.05) is 48.3 Å². The summed E-state index contributed by atoms with van der Waals surface area (Å²) in [6.07, 6.45) is 8.42. The number of hydrogen-bond acceptors (Lipinski definition) is 5. The monoisotopic (exact) mass is 536 g/mol. The molecule has 3 rings (SSSR count). The highest BCUT2D eigenvalue weighted by atomic mass is 19.2. The highest BCUT2D eigenvalue weighted by molar-refractivity contribution is 6.45. The Morgan fingerprint density at radius 1 is 1.10 bits per heavy atom. The van der Waals surface area contributed by atoms with E-state index in [1.165, 1.54) is 25.4 Å². The first-order valence-electron chi connectivity index (χ1n) is 13.2. The number of halogens is 2. The molecule has 0 spiro atoms. The fourth-order valence-electron chi connectivity index (χ4n) is 4.47. The van der Waals surface area contributed by atoms with Gasteiger partial charge < -0.3 is 21.7 Å². The number of hydrogen-bond donors (Lipinski definition) is 4. The maximum Gasteiger partial charge on any atom is 0.251 e. The smallest absolute Gasteiger partial charge is 0.251 e. The Morgan fingerprint density at radius 3 is 2.49 bits per heavy atom. The van der Waals surface area contributed by atoms with Crippen LogP contribution in [0.2, 0.25) is 0 Å². The number of carbonyl (C=O) groups is 1. The third kappa shape index (κ3) is 7.38. The lowest BCUT2D eigenvalue weighted by atomic mass is 10.0. The summed E-state index contributed by atoms with van der Waals surface area (Å²) in [5.41, 5.74) is 9.60. The van der Waals surface area contributed by atoms with Crippen molar-refractivity contribution < 1.29 is 13.6 Å². The van der Waals surface area contributed by atoms with Crippen molar-refractivity contribution in [1.82, 2.24) is 5.32 Å². The van der Waals surface area contributed by atoms with Gasteiger partial charge in [-0.25, -0.2) is 13.8 Å². The zero-order chi connectivity index (χ0) is 28.5. The summed E-state index contributed by atoms with van der Waals surface area (Å²) in [6.45, 7) is 7.28. The Morgan fingerprint density at radius 2 is 1.85 bits per heavy atom. The second-order valence-electron chi connectivity index (χ2n) is 9.55.